The highest BCUT2D eigenvalue weighted by atomic mass is 16.3. The molecule has 0 aliphatic rings. The van der Waals surface area contributed by atoms with Gasteiger partial charge in [0, 0.05) is 6.54 Å². The lowest BCUT2D eigenvalue weighted by molar-refractivity contribution is -0.121. The largest absolute Gasteiger partial charge is 0.508 e. The van der Waals surface area contributed by atoms with Crippen molar-refractivity contribution in [1.29, 1.82) is 0 Å². The van der Waals surface area contributed by atoms with E-state index in [4.69, 9.17) is 0 Å². The van der Waals surface area contributed by atoms with E-state index in [0.717, 1.165) is 5.56 Å². The summed E-state index contributed by atoms with van der Waals surface area (Å²) in [4.78, 5) is 11.5. The van der Waals surface area contributed by atoms with Crippen molar-refractivity contribution in [3.05, 3.63) is 29.8 Å². The summed E-state index contributed by atoms with van der Waals surface area (Å²) in [5.41, 5.74) is -0.165. The lowest BCUT2D eigenvalue weighted by Crippen LogP contribution is -2.38. The molecular formula is C12H17NO3. The fourth-order valence-corrected chi connectivity index (χ4v) is 1.23. The van der Waals surface area contributed by atoms with Gasteiger partial charge in [-0.05, 0) is 31.5 Å². The van der Waals surface area contributed by atoms with Crippen molar-refractivity contribution < 1.29 is 15.0 Å². The minimum atomic E-state index is -0.908. The van der Waals surface area contributed by atoms with E-state index in [0.29, 0.717) is 0 Å². The summed E-state index contributed by atoms with van der Waals surface area (Å²) in [6.07, 6.45) is 0.199. The van der Waals surface area contributed by atoms with Gasteiger partial charge in [0.2, 0.25) is 5.91 Å². The van der Waals surface area contributed by atoms with Gasteiger partial charge < -0.3 is 15.5 Å². The number of aliphatic hydroxyl groups is 1. The quantitative estimate of drug-likeness (QED) is 0.708. The second-order valence-electron chi connectivity index (χ2n) is 4.44. The van der Waals surface area contributed by atoms with Crippen LogP contribution in [0.4, 0.5) is 0 Å². The van der Waals surface area contributed by atoms with Crippen LogP contribution < -0.4 is 5.32 Å². The average molecular weight is 223 g/mol. The van der Waals surface area contributed by atoms with E-state index < -0.39 is 5.60 Å². The van der Waals surface area contributed by atoms with Gasteiger partial charge >= 0.3 is 0 Å². The first-order valence-corrected chi connectivity index (χ1v) is 5.14. The van der Waals surface area contributed by atoms with E-state index in [1.54, 1.807) is 38.1 Å². The molecule has 1 aromatic rings. The highest BCUT2D eigenvalue weighted by Gasteiger charge is 2.13. The second kappa shape index (κ2) is 4.99. The number of aromatic hydroxyl groups is 1. The Morgan fingerprint density at radius 3 is 2.69 bits per heavy atom. The Kier molecular flexibility index (Phi) is 3.90. The lowest BCUT2D eigenvalue weighted by atomic mass is 10.1. The minimum Gasteiger partial charge on any atom is -0.508 e. The summed E-state index contributed by atoms with van der Waals surface area (Å²) < 4.78 is 0. The fraction of sp³-hybridized carbons (Fsp3) is 0.417. The minimum absolute atomic E-state index is 0.146. The van der Waals surface area contributed by atoms with Crippen molar-refractivity contribution in [3.8, 4) is 5.75 Å². The summed E-state index contributed by atoms with van der Waals surface area (Å²) in [7, 11) is 0. The normalized spacial score (nSPS) is 11.2. The number of amides is 1. The Labute approximate surface area is 94.9 Å². The summed E-state index contributed by atoms with van der Waals surface area (Å²) in [6, 6.07) is 6.55. The first-order chi connectivity index (χ1) is 7.37. The number of hydrogen-bond acceptors (Lipinski definition) is 3. The van der Waals surface area contributed by atoms with Gasteiger partial charge in [-0.25, -0.2) is 0 Å². The van der Waals surface area contributed by atoms with E-state index in [2.05, 4.69) is 5.32 Å². The molecule has 0 fully saturated rings. The molecule has 0 bridgehead atoms. The SMILES string of the molecule is CC(C)(O)CNC(=O)Cc1cccc(O)c1. The number of rotatable bonds is 4. The molecular weight excluding hydrogens is 206 g/mol. The zero-order valence-electron chi connectivity index (χ0n) is 9.53. The van der Waals surface area contributed by atoms with Gasteiger partial charge in [0.15, 0.2) is 0 Å². The molecule has 1 rings (SSSR count). The van der Waals surface area contributed by atoms with Crippen LogP contribution in [0.5, 0.6) is 5.75 Å². The monoisotopic (exact) mass is 223 g/mol. The van der Waals surface area contributed by atoms with Crippen LogP contribution in [-0.2, 0) is 11.2 Å². The Bertz CT molecular complexity index is 369. The van der Waals surface area contributed by atoms with Crippen molar-refractivity contribution in [2.24, 2.45) is 0 Å². The van der Waals surface area contributed by atoms with E-state index in [9.17, 15) is 15.0 Å². The van der Waals surface area contributed by atoms with Crippen LogP contribution in [0.15, 0.2) is 24.3 Å². The zero-order chi connectivity index (χ0) is 12.2. The van der Waals surface area contributed by atoms with Crippen molar-refractivity contribution in [3.63, 3.8) is 0 Å². The molecule has 3 N–H and O–H groups in total. The molecule has 4 nitrogen and oxygen atoms in total. The summed E-state index contributed by atoms with van der Waals surface area (Å²) in [5.74, 6) is -0.0273. The molecule has 4 heteroatoms. The first-order valence-electron chi connectivity index (χ1n) is 5.14. The molecule has 0 aliphatic carbocycles. The van der Waals surface area contributed by atoms with E-state index in [1.165, 1.54) is 0 Å². The number of phenols is 1. The highest BCUT2D eigenvalue weighted by molar-refractivity contribution is 5.78. The van der Waals surface area contributed by atoms with Gasteiger partial charge in [-0.3, -0.25) is 4.79 Å². The fourth-order valence-electron chi connectivity index (χ4n) is 1.23. The van der Waals surface area contributed by atoms with Gasteiger partial charge in [-0.15, -0.1) is 0 Å². The van der Waals surface area contributed by atoms with Crippen molar-refractivity contribution in [2.75, 3.05) is 6.54 Å². The second-order valence-corrected chi connectivity index (χ2v) is 4.44. The maximum Gasteiger partial charge on any atom is 0.224 e. The third-order valence-electron chi connectivity index (χ3n) is 1.99. The Morgan fingerprint density at radius 2 is 2.12 bits per heavy atom. The van der Waals surface area contributed by atoms with Crippen LogP contribution >= 0.6 is 0 Å². The molecule has 0 heterocycles. The summed E-state index contributed by atoms with van der Waals surface area (Å²) in [6.45, 7) is 3.47. The van der Waals surface area contributed by atoms with Gasteiger partial charge in [-0.1, -0.05) is 12.1 Å². The van der Waals surface area contributed by atoms with Crippen LogP contribution in [0.2, 0.25) is 0 Å². The van der Waals surface area contributed by atoms with E-state index >= 15 is 0 Å². The molecule has 0 radical (unpaired) electrons. The predicted octanol–water partition coefficient (Wildman–Crippen LogP) is 0.822. The third-order valence-corrected chi connectivity index (χ3v) is 1.99. The first kappa shape index (κ1) is 12.5. The van der Waals surface area contributed by atoms with Gasteiger partial charge in [0.25, 0.3) is 0 Å². The summed E-state index contributed by atoms with van der Waals surface area (Å²) in [5, 5.41) is 21.3. The van der Waals surface area contributed by atoms with Crippen LogP contribution in [-0.4, -0.2) is 28.3 Å². The maximum atomic E-state index is 11.5. The molecule has 0 atom stereocenters. The number of nitrogens with one attached hydrogen (secondary N) is 1. The van der Waals surface area contributed by atoms with Gasteiger partial charge in [0.1, 0.15) is 5.75 Å². The summed E-state index contributed by atoms with van der Waals surface area (Å²) >= 11 is 0. The van der Waals surface area contributed by atoms with Crippen molar-refractivity contribution in [2.45, 2.75) is 25.9 Å². The molecule has 0 unspecified atom stereocenters. The van der Waals surface area contributed by atoms with Gasteiger partial charge in [-0.2, -0.15) is 0 Å². The van der Waals surface area contributed by atoms with Crippen LogP contribution in [0.3, 0.4) is 0 Å². The topological polar surface area (TPSA) is 69.6 Å². The molecule has 1 amide bonds. The highest BCUT2D eigenvalue weighted by Crippen LogP contribution is 2.11. The molecule has 0 saturated carbocycles. The van der Waals surface area contributed by atoms with Crippen LogP contribution in [0.1, 0.15) is 19.4 Å². The smallest absolute Gasteiger partial charge is 0.224 e. The molecule has 0 aliphatic heterocycles. The third kappa shape index (κ3) is 4.79. The average Bonchev–Trinajstić information content (AvgIpc) is 2.14. The standard InChI is InChI=1S/C12H17NO3/c1-12(2,16)8-13-11(15)7-9-4-3-5-10(14)6-9/h3-6,14,16H,7-8H2,1-2H3,(H,13,15). The Balaban J connectivity index is 2.46. The molecule has 1 aromatic carbocycles. The van der Waals surface area contributed by atoms with Crippen molar-refractivity contribution in [1.82, 2.24) is 5.32 Å². The molecule has 0 spiro atoms. The number of carbonyl (C=O) groups excluding carboxylic acids is 1. The molecule has 0 aromatic heterocycles. The Hall–Kier alpha value is -1.55. The number of hydrogen-bond donors (Lipinski definition) is 3. The van der Waals surface area contributed by atoms with Crippen LogP contribution in [0.25, 0.3) is 0 Å². The number of benzene rings is 1. The van der Waals surface area contributed by atoms with Crippen molar-refractivity contribution >= 4 is 5.91 Å². The Morgan fingerprint density at radius 1 is 1.44 bits per heavy atom. The molecule has 0 saturated heterocycles. The van der Waals surface area contributed by atoms with Crippen LogP contribution in [0, 0.1) is 0 Å². The predicted molar refractivity (Wildman–Crippen MR) is 61.1 cm³/mol. The zero-order valence-corrected chi connectivity index (χ0v) is 9.53. The number of phenolic OH excluding ortho intramolecular Hbond substituents is 1. The molecule has 88 valence electrons. The number of carbonyl (C=O) groups is 1. The van der Waals surface area contributed by atoms with E-state index in [-0.39, 0.29) is 24.6 Å². The lowest BCUT2D eigenvalue weighted by Gasteiger charge is -2.17. The molecule has 16 heavy (non-hydrogen) atoms. The maximum absolute atomic E-state index is 11.5. The van der Waals surface area contributed by atoms with Gasteiger partial charge in [0.05, 0.1) is 12.0 Å². The van der Waals surface area contributed by atoms with E-state index in [1.807, 2.05) is 0 Å².